The fraction of sp³-hybridized carbons (Fsp3) is 0.167. The van der Waals surface area contributed by atoms with Crippen molar-refractivity contribution in [1.29, 1.82) is 5.26 Å². The van der Waals surface area contributed by atoms with Gasteiger partial charge in [0.05, 0.1) is 11.7 Å². The number of fused-ring (bicyclic) bond motifs is 1. The van der Waals surface area contributed by atoms with E-state index in [2.05, 4.69) is 21.5 Å². The van der Waals surface area contributed by atoms with Crippen molar-refractivity contribution in [3.63, 3.8) is 0 Å². The summed E-state index contributed by atoms with van der Waals surface area (Å²) in [5.41, 5.74) is 3.10. The number of nitriles is 1. The van der Waals surface area contributed by atoms with Gasteiger partial charge in [-0.3, -0.25) is 4.79 Å². The molecule has 0 radical (unpaired) electrons. The van der Waals surface area contributed by atoms with E-state index >= 15 is 0 Å². The third-order valence-corrected chi connectivity index (χ3v) is 4.99. The van der Waals surface area contributed by atoms with E-state index < -0.39 is 0 Å². The maximum atomic E-state index is 12.6. The first-order valence-electron chi connectivity index (χ1n) is 9.96. The Kier molecular flexibility index (Phi) is 5.63. The fourth-order valence-electron chi connectivity index (χ4n) is 3.41. The summed E-state index contributed by atoms with van der Waals surface area (Å²) in [6.07, 6.45) is 2.21. The van der Waals surface area contributed by atoms with Gasteiger partial charge in [0.15, 0.2) is 18.2 Å². The van der Waals surface area contributed by atoms with Gasteiger partial charge in [0.1, 0.15) is 17.4 Å². The van der Waals surface area contributed by atoms with Gasteiger partial charge in [-0.1, -0.05) is 43.3 Å². The van der Waals surface area contributed by atoms with Crippen LogP contribution >= 0.6 is 0 Å². The molecule has 0 spiro atoms. The maximum absolute atomic E-state index is 12.6. The molecule has 0 atom stereocenters. The second-order valence-electron chi connectivity index (χ2n) is 7.04. The Bertz CT molecular complexity index is 1300. The zero-order valence-corrected chi connectivity index (χ0v) is 17.3. The molecule has 0 aliphatic carbocycles. The van der Waals surface area contributed by atoms with Crippen molar-refractivity contribution in [1.82, 2.24) is 14.8 Å². The van der Waals surface area contributed by atoms with Crippen molar-refractivity contribution >= 4 is 22.6 Å². The van der Waals surface area contributed by atoms with E-state index in [1.54, 1.807) is 0 Å². The van der Waals surface area contributed by atoms with Gasteiger partial charge in [-0.2, -0.15) is 15.0 Å². The van der Waals surface area contributed by atoms with E-state index in [4.69, 9.17) is 4.74 Å². The van der Waals surface area contributed by atoms with E-state index in [1.807, 2.05) is 68.4 Å². The molecule has 7 heteroatoms. The summed E-state index contributed by atoms with van der Waals surface area (Å²) < 4.78 is 7.16. The molecule has 4 rings (SSSR count). The van der Waals surface area contributed by atoms with Crippen LogP contribution in [0.3, 0.4) is 0 Å². The molecule has 0 fully saturated rings. The number of nitrogens with zero attached hydrogens (tertiary/aromatic N) is 4. The minimum Gasteiger partial charge on any atom is -0.483 e. The van der Waals surface area contributed by atoms with E-state index in [-0.39, 0.29) is 23.9 Å². The first-order chi connectivity index (χ1) is 15.1. The maximum Gasteiger partial charge on any atom is 0.263 e. The molecule has 7 nitrogen and oxygen atoms in total. The number of rotatable bonds is 6. The molecule has 1 amide bonds. The van der Waals surface area contributed by atoms with Crippen LogP contribution < -0.4 is 10.1 Å². The monoisotopic (exact) mass is 411 g/mol. The summed E-state index contributed by atoms with van der Waals surface area (Å²) in [6, 6.07) is 19.3. The second-order valence-corrected chi connectivity index (χ2v) is 7.04. The van der Waals surface area contributed by atoms with Gasteiger partial charge in [-0.25, -0.2) is 4.98 Å². The molecule has 31 heavy (non-hydrogen) atoms. The number of pyridine rings is 1. The Morgan fingerprint density at radius 2 is 1.97 bits per heavy atom. The predicted octanol–water partition coefficient (Wildman–Crippen LogP) is 4.18. The highest BCUT2D eigenvalue weighted by Crippen LogP contribution is 2.24. The van der Waals surface area contributed by atoms with Gasteiger partial charge < -0.3 is 10.1 Å². The molecule has 2 aromatic carbocycles. The molecule has 154 valence electrons. The van der Waals surface area contributed by atoms with Gasteiger partial charge in [0.2, 0.25) is 0 Å². The molecular formula is C24H21N5O2. The molecular weight excluding hydrogens is 390 g/mol. The highest BCUT2D eigenvalue weighted by atomic mass is 16.5. The standard InChI is InChI=1S/C24H21N5O2/c1-3-17-8-4-7-11-21(17)31-15-23(30)28-24-18(13-25)14-26-29(24)22-12-16(2)19-9-5-6-10-20(19)27-22/h4-12,14H,3,15H2,1-2H3,(H,28,30). The van der Waals surface area contributed by atoms with Crippen LogP contribution in [0.15, 0.2) is 60.8 Å². The van der Waals surface area contributed by atoms with Crippen molar-refractivity contribution in [3.8, 4) is 17.6 Å². The molecule has 2 heterocycles. The van der Waals surface area contributed by atoms with Gasteiger partial charge in [-0.05, 0) is 42.7 Å². The lowest BCUT2D eigenvalue weighted by molar-refractivity contribution is -0.118. The number of carbonyl (C=O) groups is 1. The number of carbonyl (C=O) groups excluding carboxylic acids is 1. The minimum atomic E-state index is -0.387. The van der Waals surface area contributed by atoms with Crippen molar-refractivity contribution < 1.29 is 9.53 Å². The minimum absolute atomic E-state index is 0.183. The second kappa shape index (κ2) is 8.67. The third-order valence-electron chi connectivity index (χ3n) is 4.99. The molecule has 0 aliphatic heterocycles. The van der Waals surface area contributed by atoms with Crippen molar-refractivity contribution in [2.24, 2.45) is 0 Å². The SMILES string of the molecule is CCc1ccccc1OCC(=O)Nc1c(C#N)cnn1-c1cc(C)c2ccccc2n1. The summed E-state index contributed by atoms with van der Waals surface area (Å²) in [4.78, 5) is 17.3. The number of nitrogens with one attached hydrogen (secondary N) is 1. The number of para-hydroxylation sites is 2. The molecule has 2 aromatic heterocycles. The summed E-state index contributed by atoms with van der Waals surface area (Å²) in [5.74, 6) is 1.06. The van der Waals surface area contributed by atoms with Crippen LogP contribution in [-0.2, 0) is 11.2 Å². The molecule has 0 saturated carbocycles. The largest absolute Gasteiger partial charge is 0.483 e. The average molecular weight is 411 g/mol. The van der Waals surface area contributed by atoms with Crippen molar-refractivity contribution in [2.75, 3.05) is 11.9 Å². The lowest BCUT2D eigenvalue weighted by Crippen LogP contribution is -2.23. The van der Waals surface area contributed by atoms with Crippen LogP contribution in [0.4, 0.5) is 5.82 Å². The third kappa shape index (κ3) is 4.09. The van der Waals surface area contributed by atoms with Gasteiger partial charge in [0, 0.05) is 5.39 Å². The Balaban J connectivity index is 1.60. The van der Waals surface area contributed by atoms with Crippen LogP contribution in [0.1, 0.15) is 23.6 Å². The lowest BCUT2D eigenvalue weighted by Gasteiger charge is -2.12. The van der Waals surface area contributed by atoms with Crippen molar-refractivity contribution in [2.45, 2.75) is 20.3 Å². The van der Waals surface area contributed by atoms with Crippen LogP contribution in [0.5, 0.6) is 5.75 Å². The Labute approximate surface area is 179 Å². The van der Waals surface area contributed by atoms with Gasteiger partial charge >= 0.3 is 0 Å². The van der Waals surface area contributed by atoms with Crippen LogP contribution in [0.25, 0.3) is 16.7 Å². The average Bonchev–Trinajstić information content (AvgIpc) is 3.20. The Morgan fingerprint density at radius 1 is 1.19 bits per heavy atom. The fourth-order valence-corrected chi connectivity index (χ4v) is 3.41. The predicted molar refractivity (Wildman–Crippen MR) is 118 cm³/mol. The molecule has 0 unspecified atom stereocenters. The normalized spacial score (nSPS) is 10.6. The highest BCUT2D eigenvalue weighted by molar-refractivity contribution is 5.92. The number of anilines is 1. The summed E-state index contributed by atoms with van der Waals surface area (Å²) >= 11 is 0. The zero-order valence-electron chi connectivity index (χ0n) is 17.3. The number of aryl methyl sites for hydroxylation is 2. The van der Waals surface area contributed by atoms with E-state index in [9.17, 15) is 10.1 Å². The zero-order chi connectivity index (χ0) is 21.8. The number of benzene rings is 2. The van der Waals surface area contributed by atoms with Crippen LogP contribution in [0, 0.1) is 18.3 Å². The molecule has 4 aromatic rings. The number of aromatic nitrogens is 3. The molecule has 0 saturated heterocycles. The van der Waals surface area contributed by atoms with Crippen LogP contribution in [-0.4, -0.2) is 27.3 Å². The molecule has 0 bridgehead atoms. The summed E-state index contributed by atoms with van der Waals surface area (Å²) in [6.45, 7) is 3.83. The first kappa shape index (κ1) is 20.1. The topological polar surface area (TPSA) is 92.8 Å². The number of hydrogen-bond acceptors (Lipinski definition) is 5. The number of ether oxygens (including phenoxy) is 1. The van der Waals surface area contributed by atoms with Crippen molar-refractivity contribution in [3.05, 3.63) is 77.5 Å². The lowest BCUT2D eigenvalue weighted by atomic mass is 10.1. The van der Waals surface area contributed by atoms with E-state index in [1.165, 1.54) is 10.9 Å². The quantitative estimate of drug-likeness (QED) is 0.514. The summed E-state index contributed by atoms with van der Waals surface area (Å²) in [5, 5.41) is 17.6. The number of hydrogen-bond donors (Lipinski definition) is 1. The summed E-state index contributed by atoms with van der Waals surface area (Å²) in [7, 11) is 0. The van der Waals surface area contributed by atoms with Gasteiger partial charge in [-0.15, -0.1) is 0 Å². The Morgan fingerprint density at radius 3 is 2.77 bits per heavy atom. The highest BCUT2D eigenvalue weighted by Gasteiger charge is 2.17. The first-order valence-corrected chi connectivity index (χ1v) is 9.96. The molecule has 1 N–H and O–H groups in total. The Hall–Kier alpha value is -4.18. The van der Waals surface area contributed by atoms with Gasteiger partial charge in [0.25, 0.3) is 5.91 Å². The van der Waals surface area contributed by atoms with E-state index in [0.717, 1.165) is 28.5 Å². The molecule has 0 aliphatic rings. The smallest absolute Gasteiger partial charge is 0.263 e. The van der Waals surface area contributed by atoms with E-state index in [0.29, 0.717) is 11.6 Å². The van der Waals surface area contributed by atoms with Crippen LogP contribution in [0.2, 0.25) is 0 Å². The number of amides is 1.